The second-order valence-electron chi connectivity index (χ2n) is 8.64. The molecule has 3 saturated carbocycles. The molecular weight excluding hydrogens is 262 g/mol. The lowest BCUT2D eigenvalue weighted by Crippen LogP contribution is -2.71. The quantitative estimate of drug-likeness (QED) is 0.783. The van der Waals surface area contributed by atoms with Crippen LogP contribution in [-0.2, 0) is 4.79 Å². The fraction of sp³-hybridized carbons (Fsp3) is 0.833. The lowest BCUT2D eigenvalue weighted by molar-refractivity contribution is -0.127. The second-order valence-corrected chi connectivity index (χ2v) is 8.64. The molecule has 0 saturated heterocycles. The topological polar surface area (TPSA) is 49.3 Å². The van der Waals surface area contributed by atoms with E-state index in [0.29, 0.717) is 0 Å². The average Bonchev–Trinajstić information content (AvgIpc) is 3.23. The zero-order valence-electron chi connectivity index (χ0n) is 14.0. The zero-order valence-corrected chi connectivity index (χ0v) is 14.0. The van der Waals surface area contributed by atoms with E-state index in [1.807, 2.05) is 0 Å². The van der Waals surface area contributed by atoms with Crippen molar-refractivity contribution in [3.63, 3.8) is 0 Å². The lowest BCUT2D eigenvalue weighted by Gasteiger charge is -2.58. The third-order valence-corrected chi connectivity index (χ3v) is 6.68. The Labute approximate surface area is 128 Å². The van der Waals surface area contributed by atoms with Crippen LogP contribution in [0.1, 0.15) is 60.3 Å². The van der Waals surface area contributed by atoms with Crippen LogP contribution in [0.5, 0.6) is 0 Å². The van der Waals surface area contributed by atoms with E-state index in [9.17, 15) is 9.90 Å². The summed E-state index contributed by atoms with van der Waals surface area (Å²) in [7, 11) is 0. The van der Waals surface area contributed by atoms with Crippen molar-refractivity contribution in [1.29, 1.82) is 0 Å². The molecule has 3 aliphatic carbocycles. The van der Waals surface area contributed by atoms with E-state index in [1.165, 1.54) is 13.3 Å². The van der Waals surface area contributed by atoms with E-state index >= 15 is 0 Å². The van der Waals surface area contributed by atoms with Gasteiger partial charge in [0, 0.05) is 11.1 Å². The molecule has 2 N–H and O–H groups in total. The van der Waals surface area contributed by atoms with E-state index in [1.54, 1.807) is 12.2 Å². The molecule has 3 aliphatic rings. The molecule has 118 valence electrons. The number of nitrogens with one attached hydrogen (secondary N) is 1. The molecule has 0 spiro atoms. The molecule has 0 radical (unpaired) electrons. The van der Waals surface area contributed by atoms with Gasteiger partial charge >= 0.3 is 0 Å². The Morgan fingerprint density at radius 2 is 1.81 bits per heavy atom. The summed E-state index contributed by atoms with van der Waals surface area (Å²) in [6, 6.07) is 0. The van der Waals surface area contributed by atoms with Crippen LogP contribution in [0.15, 0.2) is 12.2 Å². The molecule has 0 aromatic carbocycles. The fourth-order valence-corrected chi connectivity index (χ4v) is 4.82. The van der Waals surface area contributed by atoms with E-state index in [-0.39, 0.29) is 22.3 Å². The largest absolute Gasteiger partial charge is 0.383 e. The van der Waals surface area contributed by atoms with Crippen molar-refractivity contribution in [2.45, 2.75) is 77.0 Å². The molecule has 3 fully saturated rings. The predicted octanol–water partition coefficient (Wildman–Crippen LogP) is 2.83. The van der Waals surface area contributed by atoms with Crippen molar-refractivity contribution < 1.29 is 9.90 Å². The first-order valence-corrected chi connectivity index (χ1v) is 8.27. The van der Waals surface area contributed by atoms with Crippen molar-refractivity contribution in [1.82, 2.24) is 5.32 Å². The molecule has 0 heterocycles. The second kappa shape index (κ2) is 4.20. The van der Waals surface area contributed by atoms with E-state index in [4.69, 9.17) is 0 Å². The van der Waals surface area contributed by atoms with Gasteiger partial charge in [-0.1, -0.05) is 20.3 Å². The molecule has 0 bridgehead atoms. The van der Waals surface area contributed by atoms with Gasteiger partial charge in [0.25, 0.3) is 0 Å². The van der Waals surface area contributed by atoms with Crippen LogP contribution in [0.2, 0.25) is 0 Å². The molecule has 21 heavy (non-hydrogen) atoms. The van der Waals surface area contributed by atoms with Gasteiger partial charge < -0.3 is 10.4 Å². The summed E-state index contributed by atoms with van der Waals surface area (Å²) < 4.78 is 0. The summed E-state index contributed by atoms with van der Waals surface area (Å²) in [5.41, 5.74) is -1.40. The maximum atomic E-state index is 11.6. The van der Waals surface area contributed by atoms with Crippen LogP contribution in [-0.4, -0.2) is 27.6 Å². The fourth-order valence-electron chi connectivity index (χ4n) is 4.82. The summed E-state index contributed by atoms with van der Waals surface area (Å²) in [5.74, 6) is 1.61. The number of hydrogen-bond acceptors (Lipinski definition) is 3. The number of allylic oxidation sites excluding steroid dienone is 1. The number of carbonyl (C=O) groups is 1. The monoisotopic (exact) mass is 291 g/mol. The Morgan fingerprint density at radius 1 is 1.19 bits per heavy atom. The summed E-state index contributed by atoms with van der Waals surface area (Å²) >= 11 is 0. The van der Waals surface area contributed by atoms with Crippen LogP contribution in [0.3, 0.4) is 0 Å². The highest BCUT2D eigenvalue weighted by molar-refractivity contribution is 5.87. The van der Waals surface area contributed by atoms with Gasteiger partial charge in [-0.25, -0.2) is 0 Å². The maximum Gasteiger partial charge on any atom is 0.152 e. The van der Waals surface area contributed by atoms with Gasteiger partial charge in [0.05, 0.1) is 0 Å². The molecule has 0 aliphatic heterocycles. The summed E-state index contributed by atoms with van der Waals surface area (Å²) in [4.78, 5) is 11.4. The maximum absolute atomic E-state index is 11.6. The molecule has 0 aromatic rings. The third kappa shape index (κ3) is 2.04. The van der Waals surface area contributed by atoms with E-state index in [0.717, 1.165) is 31.1 Å². The smallest absolute Gasteiger partial charge is 0.152 e. The molecule has 3 rings (SSSR count). The van der Waals surface area contributed by atoms with Gasteiger partial charge in [-0.3, -0.25) is 4.79 Å². The van der Waals surface area contributed by atoms with Crippen molar-refractivity contribution in [2.24, 2.45) is 17.3 Å². The van der Waals surface area contributed by atoms with Crippen molar-refractivity contribution in [3.8, 4) is 0 Å². The Morgan fingerprint density at radius 3 is 2.29 bits per heavy atom. The van der Waals surface area contributed by atoms with Gasteiger partial charge in [-0.15, -0.1) is 0 Å². The molecule has 3 heteroatoms. The number of aliphatic hydroxyl groups is 1. The first-order chi connectivity index (χ1) is 9.56. The number of ketones is 1. The molecule has 4 atom stereocenters. The highest BCUT2D eigenvalue weighted by Gasteiger charge is 2.76. The predicted molar refractivity (Wildman–Crippen MR) is 83.9 cm³/mol. The molecule has 3 nitrogen and oxygen atoms in total. The number of carbonyl (C=O) groups excluding carboxylic acids is 1. The van der Waals surface area contributed by atoms with Gasteiger partial charge in [0.2, 0.25) is 0 Å². The van der Waals surface area contributed by atoms with Crippen molar-refractivity contribution in [3.05, 3.63) is 12.2 Å². The first kappa shape index (κ1) is 15.2. The van der Waals surface area contributed by atoms with E-state index < -0.39 is 5.60 Å². The molecule has 0 amide bonds. The standard InChI is InChI=1S/C18H29NO2/c1-12(20)7-10-18(21)15(2,3)8-6-9-16(18,4)19-17(5)13-11-14(13)17/h7,10,13-14,19,21H,6,8-9,11H2,1-5H3/b10-7+. The highest BCUT2D eigenvalue weighted by atomic mass is 16.3. The van der Waals surface area contributed by atoms with Crippen LogP contribution >= 0.6 is 0 Å². The van der Waals surface area contributed by atoms with Crippen LogP contribution in [0.4, 0.5) is 0 Å². The summed E-state index contributed by atoms with van der Waals surface area (Å²) in [5, 5.41) is 15.4. The summed E-state index contributed by atoms with van der Waals surface area (Å²) in [6.07, 6.45) is 7.68. The Hall–Kier alpha value is -0.670. The Kier molecular flexibility index (Phi) is 3.05. The van der Waals surface area contributed by atoms with Gasteiger partial charge in [-0.05, 0) is 69.4 Å². The summed E-state index contributed by atoms with van der Waals surface area (Å²) in [6.45, 7) is 10.2. The van der Waals surface area contributed by atoms with Crippen molar-refractivity contribution >= 4 is 5.78 Å². The van der Waals surface area contributed by atoms with Gasteiger partial charge in [-0.2, -0.15) is 0 Å². The van der Waals surface area contributed by atoms with E-state index in [2.05, 4.69) is 33.0 Å². The lowest BCUT2D eigenvalue weighted by atomic mass is 9.56. The minimum Gasteiger partial charge on any atom is -0.383 e. The van der Waals surface area contributed by atoms with Gasteiger partial charge in [0.1, 0.15) is 5.60 Å². The minimum atomic E-state index is -0.998. The number of fused-ring (bicyclic) bond motifs is 1. The minimum absolute atomic E-state index is 0.00682. The van der Waals surface area contributed by atoms with Crippen LogP contribution in [0, 0.1) is 17.3 Å². The first-order valence-electron chi connectivity index (χ1n) is 8.27. The molecule has 0 aromatic heterocycles. The third-order valence-electron chi connectivity index (χ3n) is 6.68. The SMILES string of the molecule is CC(=O)/C=C/C1(O)C(C)(C)CCCC1(C)NC1(C)C2CC21. The number of hydrogen-bond donors (Lipinski definition) is 2. The Balaban J connectivity index is 1.93. The average molecular weight is 291 g/mol. The van der Waals surface area contributed by atoms with Crippen LogP contribution in [0.25, 0.3) is 0 Å². The van der Waals surface area contributed by atoms with Gasteiger partial charge in [0.15, 0.2) is 5.78 Å². The van der Waals surface area contributed by atoms with Crippen LogP contribution < -0.4 is 5.32 Å². The highest BCUT2D eigenvalue weighted by Crippen LogP contribution is 2.72. The van der Waals surface area contributed by atoms with Crippen molar-refractivity contribution in [2.75, 3.05) is 0 Å². The normalized spacial score (nSPS) is 50.8. The zero-order chi connectivity index (χ0) is 15.7. The Bertz CT molecular complexity index is 501. The molecule has 4 unspecified atom stereocenters. The molecular formula is C18H29NO2. The number of rotatable bonds is 4.